The average Bonchev–Trinajstić information content (AvgIpc) is 3.57. The van der Waals surface area contributed by atoms with E-state index in [9.17, 15) is 4.79 Å². The Kier molecular flexibility index (Phi) is 7.71. The molecule has 0 bridgehead atoms. The van der Waals surface area contributed by atoms with Crippen LogP contribution in [0.1, 0.15) is 50.6 Å². The van der Waals surface area contributed by atoms with Crippen LogP contribution in [0, 0.1) is 0 Å². The maximum atomic E-state index is 10.8. The number of fused-ring (bicyclic) bond motifs is 1. The van der Waals surface area contributed by atoms with E-state index >= 15 is 0 Å². The monoisotopic (exact) mass is 453 g/mol. The van der Waals surface area contributed by atoms with Gasteiger partial charge in [0.1, 0.15) is 22.8 Å². The van der Waals surface area contributed by atoms with Gasteiger partial charge in [0.05, 0.1) is 22.9 Å². The number of ether oxygens (including phenoxy) is 1. The van der Waals surface area contributed by atoms with Crippen molar-refractivity contribution in [2.24, 2.45) is 4.99 Å². The zero-order valence-electron chi connectivity index (χ0n) is 18.5. The van der Waals surface area contributed by atoms with Crippen LogP contribution < -0.4 is 10.1 Å². The van der Waals surface area contributed by atoms with Crippen molar-refractivity contribution in [2.45, 2.75) is 57.0 Å². The van der Waals surface area contributed by atoms with Gasteiger partial charge in [-0.3, -0.25) is 4.99 Å². The predicted octanol–water partition coefficient (Wildman–Crippen LogP) is 5.19. The molecule has 3 N–H and O–H groups in total. The van der Waals surface area contributed by atoms with Gasteiger partial charge in [-0.2, -0.15) is 0 Å². The lowest BCUT2D eigenvalue weighted by Crippen LogP contribution is -2.14. The molecule has 32 heavy (non-hydrogen) atoms. The number of carbonyl (C=O) groups excluding carboxylic acids is 1. The highest BCUT2D eigenvalue weighted by atomic mass is 32.2. The largest absolute Gasteiger partial charge is 0.458 e. The molecule has 7 heteroatoms. The Labute approximate surface area is 193 Å². The lowest BCUT2D eigenvalue weighted by Gasteiger charge is -2.16. The molecule has 0 saturated heterocycles. The zero-order chi connectivity index (χ0) is 22.3. The number of rotatable bonds is 7. The van der Waals surface area contributed by atoms with Gasteiger partial charge in [0, 0.05) is 36.8 Å². The number of anilines is 1. The van der Waals surface area contributed by atoms with E-state index in [-0.39, 0.29) is 6.04 Å². The van der Waals surface area contributed by atoms with E-state index in [4.69, 9.17) is 14.8 Å². The number of aliphatic hydroxyl groups excluding tert-OH is 1. The Morgan fingerprint density at radius 1 is 1.25 bits per heavy atom. The van der Waals surface area contributed by atoms with Crippen LogP contribution in [-0.4, -0.2) is 46.4 Å². The van der Waals surface area contributed by atoms with E-state index < -0.39 is 0 Å². The van der Waals surface area contributed by atoms with Crippen molar-refractivity contribution in [3.8, 4) is 5.75 Å². The lowest BCUT2D eigenvalue weighted by molar-refractivity contribution is -0.108. The molecule has 5 rings (SSSR count). The second-order valence-electron chi connectivity index (χ2n) is 8.23. The van der Waals surface area contributed by atoms with E-state index in [0.29, 0.717) is 12.5 Å². The SMILES string of the molecule is CO.O=CC[C@@H]1CSC(c2cc3cc(OC4=CCCC=C4)cc(NC4CCCC4)c3[nH]2)=N1. The van der Waals surface area contributed by atoms with E-state index in [1.54, 1.807) is 11.8 Å². The van der Waals surface area contributed by atoms with Gasteiger partial charge in [-0.1, -0.05) is 18.9 Å². The number of aliphatic imine (C=N–C) groups is 1. The van der Waals surface area contributed by atoms with Crippen molar-refractivity contribution < 1.29 is 14.6 Å². The molecule has 3 aliphatic rings. The first-order chi connectivity index (χ1) is 15.8. The number of allylic oxidation sites excluding steroid dienone is 3. The summed E-state index contributed by atoms with van der Waals surface area (Å²) >= 11 is 1.72. The molecule has 0 unspecified atom stereocenters. The third-order valence-corrected chi connectivity index (χ3v) is 7.07. The quantitative estimate of drug-likeness (QED) is 0.502. The first kappa shape index (κ1) is 22.7. The normalized spacial score (nSPS) is 20.5. The molecule has 2 aliphatic carbocycles. The molecule has 0 spiro atoms. The van der Waals surface area contributed by atoms with Gasteiger partial charge >= 0.3 is 0 Å². The first-order valence-electron chi connectivity index (χ1n) is 11.4. The summed E-state index contributed by atoms with van der Waals surface area (Å²) in [6, 6.07) is 6.97. The number of thioether (sulfide) groups is 1. The Balaban J connectivity index is 0.00000119. The van der Waals surface area contributed by atoms with E-state index in [1.165, 1.54) is 25.7 Å². The molecule has 1 aromatic heterocycles. The second-order valence-corrected chi connectivity index (χ2v) is 9.24. The Bertz CT molecular complexity index is 1030. The van der Waals surface area contributed by atoms with Crippen LogP contribution >= 0.6 is 11.8 Å². The minimum Gasteiger partial charge on any atom is -0.458 e. The number of benzene rings is 1. The molecule has 1 saturated carbocycles. The third kappa shape index (κ3) is 5.27. The molecule has 1 aromatic carbocycles. The number of nitrogens with one attached hydrogen (secondary N) is 2. The minimum absolute atomic E-state index is 0.0916. The van der Waals surface area contributed by atoms with Gasteiger partial charge in [-0.15, -0.1) is 11.8 Å². The molecule has 1 fully saturated rings. The first-order valence-corrected chi connectivity index (χ1v) is 12.3. The fourth-order valence-electron chi connectivity index (χ4n) is 4.39. The smallest absolute Gasteiger partial charge is 0.130 e. The van der Waals surface area contributed by atoms with Crippen molar-refractivity contribution in [3.05, 3.63) is 47.9 Å². The highest BCUT2D eigenvalue weighted by Crippen LogP contribution is 2.35. The standard InChI is InChI=1S/C24H27N3O2S.CH4O/c28-11-10-18-15-30-24(26-18)22-13-16-12-20(29-19-8-2-1-3-9-19)14-21(23(16)27-22)25-17-6-4-5-7-17;1-2/h2,8-9,11-14,17-18,25,27H,1,3-7,10,15H2;2H,1H3/t18-;/m1./s1. The van der Waals surface area contributed by atoms with Crippen molar-refractivity contribution >= 4 is 39.7 Å². The molecule has 0 radical (unpaired) electrons. The Morgan fingerprint density at radius 2 is 2.09 bits per heavy atom. The number of hydrogen-bond acceptors (Lipinski definition) is 6. The number of H-pyrrole nitrogens is 1. The molecule has 1 aliphatic heterocycles. The molecular formula is C25H31N3O3S. The minimum atomic E-state index is 0.0916. The third-order valence-electron chi connectivity index (χ3n) is 5.92. The fraction of sp³-hybridized carbons (Fsp3) is 0.440. The van der Waals surface area contributed by atoms with E-state index in [0.717, 1.165) is 70.8 Å². The lowest BCUT2D eigenvalue weighted by atomic mass is 10.1. The summed E-state index contributed by atoms with van der Waals surface area (Å²) in [6.07, 6.45) is 14.9. The molecular weight excluding hydrogens is 422 g/mol. The highest BCUT2D eigenvalue weighted by Gasteiger charge is 2.22. The Hall–Kier alpha value is -2.51. The summed E-state index contributed by atoms with van der Waals surface area (Å²) in [5, 5.41) is 12.9. The number of carbonyl (C=O) groups is 1. The maximum Gasteiger partial charge on any atom is 0.130 e. The van der Waals surface area contributed by atoms with Crippen LogP contribution in [-0.2, 0) is 4.79 Å². The molecule has 1 atom stereocenters. The number of aliphatic hydroxyl groups is 1. The predicted molar refractivity (Wildman–Crippen MR) is 133 cm³/mol. The van der Waals surface area contributed by atoms with Crippen molar-refractivity contribution in [2.75, 3.05) is 18.2 Å². The van der Waals surface area contributed by atoms with Crippen molar-refractivity contribution in [1.29, 1.82) is 0 Å². The van der Waals surface area contributed by atoms with Crippen LogP contribution in [0.5, 0.6) is 5.75 Å². The highest BCUT2D eigenvalue weighted by molar-refractivity contribution is 8.14. The van der Waals surface area contributed by atoms with E-state index in [1.807, 2.05) is 0 Å². The number of aldehydes is 1. The summed E-state index contributed by atoms with van der Waals surface area (Å²) in [5.74, 6) is 2.63. The van der Waals surface area contributed by atoms with Gasteiger partial charge in [0.15, 0.2) is 0 Å². The van der Waals surface area contributed by atoms with Gasteiger partial charge < -0.3 is 24.9 Å². The zero-order valence-corrected chi connectivity index (χ0v) is 19.3. The summed E-state index contributed by atoms with van der Waals surface area (Å²) in [6.45, 7) is 0. The topological polar surface area (TPSA) is 86.7 Å². The summed E-state index contributed by atoms with van der Waals surface area (Å²) < 4.78 is 6.20. The van der Waals surface area contributed by atoms with Crippen LogP contribution in [0.3, 0.4) is 0 Å². The number of aromatic amines is 1. The van der Waals surface area contributed by atoms with Crippen LogP contribution in [0.2, 0.25) is 0 Å². The molecule has 170 valence electrons. The van der Waals surface area contributed by atoms with Gasteiger partial charge in [0.2, 0.25) is 0 Å². The van der Waals surface area contributed by atoms with Gasteiger partial charge in [0.25, 0.3) is 0 Å². The number of nitrogens with zero attached hydrogens (tertiary/aromatic N) is 1. The number of hydrogen-bond donors (Lipinski definition) is 3. The van der Waals surface area contributed by atoms with Gasteiger partial charge in [-0.25, -0.2) is 0 Å². The fourth-order valence-corrected chi connectivity index (χ4v) is 5.44. The average molecular weight is 454 g/mol. The summed E-state index contributed by atoms with van der Waals surface area (Å²) in [4.78, 5) is 19.2. The number of aromatic nitrogens is 1. The van der Waals surface area contributed by atoms with Gasteiger partial charge in [-0.05, 0) is 50.0 Å². The second kappa shape index (κ2) is 10.9. The Morgan fingerprint density at radius 3 is 2.84 bits per heavy atom. The van der Waals surface area contributed by atoms with Crippen LogP contribution in [0.25, 0.3) is 10.9 Å². The van der Waals surface area contributed by atoms with Crippen molar-refractivity contribution in [3.63, 3.8) is 0 Å². The molecule has 6 nitrogen and oxygen atoms in total. The maximum absolute atomic E-state index is 10.8. The molecule has 2 aromatic rings. The van der Waals surface area contributed by atoms with Crippen LogP contribution in [0.4, 0.5) is 5.69 Å². The molecule has 2 heterocycles. The summed E-state index contributed by atoms with van der Waals surface area (Å²) in [7, 11) is 1.00. The van der Waals surface area contributed by atoms with Crippen molar-refractivity contribution in [1.82, 2.24) is 4.98 Å². The molecule has 0 amide bonds. The summed E-state index contributed by atoms with van der Waals surface area (Å²) in [5.41, 5.74) is 3.21. The van der Waals surface area contributed by atoms with Crippen LogP contribution in [0.15, 0.2) is 47.2 Å². The van der Waals surface area contributed by atoms with E-state index in [2.05, 4.69) is 46.7 Å².